The fourth-order valence-electron chi connectivity index (χ4n) is 9.60. The molecule has 0 bridgehead atoms. The number of hydrogen-bond acceptors (Lipinski definition) is 0. The van der Waals surface area contributed by atoms with Crippen LogP contribution in [0, 0.1) is 0 Å². The maximum Gasteiger partial charge on any atom is 0.181 e. The summed E-state index contributed by atoms with van der Waals surface area (Å²) in [7, 11) is -2.98. The molecule has 0 amide bonds. The van der Waals surface area contributed by atoms with Gasteiger partial charge >= 0.3 is 0 Å². The van der Waals surface area contributed by atoms with Crippen molar-refractivity contribution >= 4 is 72.4 Å². The van der Waals surface area contributed by atoms with E-state index in [1.165, 1.54) is 81.2 Å². The number of nitrogens with zero attached hydrogens (tertiary/aromatic N) is 2. The van der Waals surface area contributed by atoms with Crippen molar-refractivity contribution in [2.75, 3.05) is 0 Å². The molecule has 3 heteroatoms. The number of aromatic nitrogens is 2. The molecule has 0 unspecified atom stereocenters. The van der Waals surface area contributed by atoms with Gasteiger partial charge in [-0.1, -0.05) is 194 Å². The molecule has 2 heterocycles. The molecule has 2 nitrogen and oxygen atoms in total. The molecular formula is C54H38N2Si. The zero-order valence-corrected chi connectivity index (χ0v) is 32.3. The zero-order chi connectivity index (χ0) is 37.8. The van der Waals surface area contributed by atoms with Gasteiger partial charge in [0.25, 0.3) is 0 Å². The zero-order valence-electron chi connectivity index (χ0n) is 31.3. The Hall–Kier alpha value is -7.20. The van der Waals surface area contributed by atoms with Crippen molar-refractivity contribution in [3.63, 3.8) is 0 Å². The molecule has 57 heavy (non-hydrogen) atoms. The van der Waals surface area contributed by atoms with Gasteiger partial charge in [0, 0.05) is 27.2 Å². The van der Waals surface area contributed by atoms with E-state index in [4.69, 9.17) is 0 Å². The SMILES string of the molecule is c1ccc(-c2cccc3c2c2cccc([Si](c4ccccc4)(c4ccccc4)c4ccccc4)c2n3-c2cccc3c2c2ccccc2n3-c2ccccc2)cc1. The summed E-state index contributed by atoms with van der Waals surface area (Å²) in [5.74, 6) is 0. The van der Waals surface area contributed by atoms with Crippen molar-refractivity contribution < 1.29 is 0 Å². The van der Waals surface area contributed by atoms with E-state index >= 15 is 0 Å². The highest BCUT2D eigenvalue weighted by molar-refractivity contribution is 7.20. The van der Waals surface area contributed by atoms with E-state index in [2.05, 4.69) is 240 Å². The van der Waals surface area contributed by atoms with Gasteiger partial charge in [0.1, 0.15) is 0 Å². The predicted molar refractivity (Wildman–Crippen MR) is 244 cm³/mol. The second-order valence-electron chi connectivity index (χ2n) is 14.8. The van der Waals surface area contributed by atoms with Crippen LogP contribution in [0.2, 0.25) is 0 Å². The molecular weight excluding hydrogens is 705 g/mol. The highest BCUT2D eigenvalue weighted by Gasteiger charge is 2.43. The molecule has 0 saturated carbocycles. The molecule has 11 rings (SSSR count). The van der Waals surface area contributed by atoms with E-state index in [9.17, 15) is 0 Å². The molecule has 0 N–H and O–H groups in total. The van der Waals surface area contributed by atoms with Gasteiger partial charge in [0.05, 0.1) is 27.8 Å². The first-order chi connectivity index (χ1) is 28.3. The molecule has 0 atom stereocenters. The summed E-state index contributed by atoms with van der Waals surface area (Å²) in [6.07, 6.45) is 0. The Morgan fingerprint density at radius 1 is 0.316 bits per heavy atom. The quantitative estimate of drug-likeness (QED) is 0.114. The molecule has 2 aromatic heterocycles. The highest BCUT2D eigenvalue weighted by atomic mass is 28.3. The summed E-state index contributed by atoms with van der Waals surface area (Å²) < 4.78 is 5.04. The smallest absolute Gasteiger partial charge is 0.181 e. The number of fused-ring (bicyclic) bond motifs is 6. The Bertz CT molecular complexity index is 3110. The third-order valence-corrected chi connectivity index (χ3v) is 16.7. The van der Waals surface area contributed by atoms with Gasteiger partial charge in [0.15, 0.2) is 8.07 Å². The van der Waals surface area contributed by atoms with E-state index in [-0.39, 0.29) is 0 Å². The largest absolute Gasteiger partial charge is 0.309 e. The molecule has 268 valence electrons. The molecule has 9 aromatic carbocycles. The average Bonchev–Trinajstić information content (AvgIpc) is 3.82. The first-order valence-electron chi connectivity index (χ1n) is 19.7. The highest BCUT2D eigenvalue weighted by Crippen LogP contribution is 2.42. The van der Waals surface area contributed by atoms with Gasteiger partial charge < -0.3 is 9.13 Å². The molecule has 11 aromatic rings. The van der Waals surface area contributed by atoms with Crippen LogP contribution in [0.1, 0.15) is 0 Å². The van der Waals surface area contributed by atoms with Crippen molar-refractivity contribution in [2.45, 2.75) is 0 Å². The van der Waals surface area contributed by atoms with Crippen molar-refractivity contribution in [3.8, 4) is 22.5 Å². The van der Waals surface area contributed by atoms with Gasteiger partial charge in [-0.25, -0.2) is 0 Å². The summed E-state index contributed by atoms with van der Waals surface area (Å²) in [5.41, 5.74) is 9.60. The normalized spacial score (nSPS) is 11.9. The monoisotopic (exact) mass is 742 g/mol. The number of rotatable bonds is 7. The van der Waals surface area contributed by atoms with Crippen LogP contribution in [0.3, 0.4) is 0 Å². The summed E-state index contributed by atoms with van der Waals surface area (Å²) in [4.78, 5) is 0. The Kier molecular flexibility index (Phi) is 7.87. The van der Waals surface area contributed by atoms with Crippen molar-refractivity contribution in [2.24, 2.45) is 0 Å². The minimum Gasteiger partial charge on any atom is -0.309 e. The molecule has 0 aliphatic heterocycles. The molecule has 0 aliphatic carbocycles. The van der Waals surface area contributed by atoms with Gasteiger partial charge in [-0.3, -0.25) is 0 Å². The second-order valence-corrected chi connectivity index (χ2v) is 18.6. The predicted octanol–water partition coefficient (Wildman–Crippen LogP) is 10.9. The molecule has 0 radical (unpaired) electrons. The molecule has 0 fully saturated rings. The Morgan fingerprint density at radius 2 is 0.789 bits per heavy atom. The molecule has 0 spiro atoms. The summed E-state index contributed by atoms with van der Waals surface area (Å²) in [5, 5.41) is 10.4. The van der Waals surface area contributed by atoms with Crippen LogP contribution in [0.4, 0.5) is 0 Å². The van der Waals surface area contributed by atoms with E-state index in [1.807, 2.05) is 0 Å². The van der Waals surface area contributed by atoms with Crippen LogP contribution in [-0.4, -0.2) is 17.2 Å². The lowest BCUT2D eigenvalue weighted by Crippen LogP contribution is -2.75. The Balaban J connectivity index is 1.38. The summed E-state index contributed by atoms with van der Waals surface area (Å²) >= 11 is 0. The lowest BCUT2D eigenvalue weighted by molar-refractivity contribution is 1.17. The topological polar surface area (TPSA) is 9.86 Å². The third kappa shape index (κ3) is 5.03. The van der Waals surface area contributed by atoms with Crippen LogP contribution < -0.4 is 20.7 Å². The van der Waals surface area contributed by atoms with Crippen LogP contribution in [-0.2, 0) is 0 Å². The Labute approximate surface area is 333 Å². The third-order valence-electron chi connectivity index (χ3n) is 11.9. The minimum atomic E-state index is -2.98. The molecule has 0 saturated heterocycles. The number of para-hydroxylation sites is 3. The van der Waals surface area contributed by atoms with E-state index in [0.29, 0.717) is 0 Å². The number of hydrogen-bond donors (Lipinski definition) is 0. The van der Waals surface area contributed by atoms with E-state index < -0.39 is 8.07 Å². The van der Waals surface area contributed by atoms with E-state index in [1.54, 1.807) is 0 Å². The van der Waals surface area contributed by atoms with Crippen LogP contribution >= 0.6 is 0 Å². The maximum absolute atomic E-state index is 2.98. The van der Waals surface area contributed by atoms with Crippen molar-refractivity contribution in [3.05, 3.63) is 231 Å². The van der Waals surface area contributed by atoms with Crippen LogP contribution in [0.15, 0.2) is 231 Å². The van der Waals surface area contributed by atoms with Crippen LogP contribution in [0.25, 0.3) is 66.1 Å². The van der Waals surface area contributed by atoms with Gasteiger partial charge in [-0.05, 0) is 68.3 Å². The first kappa shape index (κ1) is 33.2. The number of benzene rings is 9. The van der Waals surface area contributed by atoms with Crippen molar-refractivity contribution in [1.82, 2.24) is 9.13 Å². The van der Waals surface area contributed by atoms with Crippen LogP contribution in [0.5, 0.6) is 0 Å². The summed E-state index contributed by atoms with van der Waals surface area (Å²) in [6, 6.07) is 85.3. The van der Waals surface area contributed by atoms with E-state index in [0.717, 1.165) is 5.69 Å². The lowest BCUT2D eigenvalue weighted by atomic mass is 9.99. The second kappa shape index (κ2) is 13.5. The lowest BCUT2D eigenvalue weighted by Gasteiger charge is -2.35. The average molecular weight is 743 g/mol. The standard InChI is InChI=1S/C54H38N2Si/c1-6-21-39(22-7-1)44-32-18-35-48-52(44)46-33-19-38-51(57(41-25-10-3-11-26-41,42-27-12-4-13-28-42)43-29-14-5-15-30-43)54(46)56(48)50-37-20-36-49-53(50)45-31-16-17-34-47(45)55(49)40-23-8-2-9-24-40/h1-38H. The Morgan fingerprint density at radius 3 is 1.42 bits per heavy atom. The van der Waals surface area contributed by atoms with Crippen molar-refractivity contribution in [1.29, 1.82) is 0 Å². The fourth-order valence-corrected chi connectivity index (χ4v) is 14.6. The molecule has 0 aliphatic rings. The van der Waals surface area contributed by atoms with Gasteiger partial charge in [0.2, 0.25) is 0 Å². The maximum atomic E-state index is 2.62. The van der Waals surface area contributed by atoms with Gasteiger partial charge in [-0.15, -0.1) is 0 Å². The van der Waals surface area contributed by atoms with Gasteiger partial charge in [-0.2, -0.15) is 0 Å². The summed E-state index contributed by atoms with van der Waals surface area (Å²) in [6.45, 7) is 0. The fraction of sp³-hybridized carbons (Fsp3) is 0. The minimum absolute atomic E-state index is 1.15. The first-order valence-corrected chi connectivity index (χ1v) is 21.7.